The molecule has 23 heavy (non-hydrogen) atoms. The van der Waals surface area contributed by atoms with Crippen LogP contribution >= 0.6 is 11.8 Å². The number of carbonyl (C=O) groups excluding carboxylic acids is 1. The lowest BCUT2D eigenvalue weighted by molar-refractivity contribution is -0.115. The molecule has 0 fully saturated rings. The van der Waals surface area contributed by atoms with Gasteiger partial charge in [0.25, 0.3) is 0 Å². The van der Waals surface area contributed by atoms with Crippen molar-refractivity contribution in [1.29, 1.82) is 0 Å². The van der Waals surface area contributed by atoms with Crippen LogP contribution in [0.15, 0.2) is 59.8 Å². The van der Waals surface area contributed by atoms with Gasteiger partial charge in [0.1, 0.15) is 0 Å². The molecule has 0 bridgehead atoms. The minimum absolute atomic E-state index is 0.165. The van der Waals surface area contributed by atoms with Crippen molar-refractivity contribution in [1.82, 2.24) is 14.8 Å². The maximum absolute atomic E-state index is 11.1. The molecule has 0 saturated heterocycles. The van der Waals surface area contributed by atoms with Crippen LogP contribution in [0.2, 0.25) is 0 Å². The highest BCUT2D eigenvalue weighted by molar-refractivity contribution is 7.99. The van der Waals surface area contributed by atoms with Gasteiger partial charge in [-0.2, -0.15) is 0 Å². The van der Waals surface area contributed by atoms with Gasteiger partial charge in [-0.15, -0.1) is 10.2 Å². The first kappa shape index (κ1) is 15.3. The van der Waals surface area contributed by atoms with Crippen LogP contribution in [0.3, 0.4) is 0 Å². The van der Waals surface area contributed by atoms with Gasteiger partial charge >= 0.3 is 0 Å². The van der Waals surface area contributed by atoms with Crippen LogP contribution < -0.4 is 5.73 Å². The molecule has 1 amide bonds. The van der Waals surface area contributed by atoms with Crippen molar-refractivity contribution in [3.63, 3.8) is 0 Å². The third kappa shape index (κ3) is 3.43. The molecule has 0 aliphatic rings. The summed E-state index contributed by atoms with van der Waals surface area (Å²) in [5, 5.41) is 9.18. The van der Waals surface area contributed by atoms with Gasteiger partial charge in [0.15, 0.2) is 11.0 Å². The van der Waals surface area contributed by atoms with Gasteiger partial charge in [-0.05, 0) is 19.1 Å². The molecule has 1 heterocycles. The van der Waals surface area contributed by atoms with Gasteiger partial charge in [-0.25, -0.2) is 0 Å². The Morgan fingerprint density at radius 1 is 1.09 bits per heavy atom. The second-order valence-corrected chi connectivity index (χ2v) is 6.04. The quantitative estimate of drug-likeness (QED) is 0.732. The minimum atomic E-state index is -0.380. The van der Waals surface area contributed by atoms with Crippen molar-refractivity contribution < 1.29 is 4.79 Å². The lowest BCUT2D eigenvalue weighted by Gasteiger charge is -2.10. The third-order valence-electron chi connectivity index (χ3n) is 3.30. The summed E-state index contributed by atoms with van der Waals surface area (Å²) in [6.45, 7) is 2.04. The van der Waals surface area contributed by atoms with Gasteiger partial charge in [0, 0.05) is 11.3 Å². The molecule has 3 aromatic rings. The Morgan fingerprint density at radius 3 is 2.43 bits per heavy atom. The third-order valence-corrected chi connectivity index (χ3v) is 4.25. The van der Waals surface area contributed by atoms with Crippen molar-refractivity contribution in [3.05, 3.63) is 60.2 Å². The number of benzene rings is 2. The number of hydrogen-bond acceptors (Lipinski definition) is 4. The van der Waals surface area contributed by atoms with E-state index in [9.17, 15) is 4.79 Å². The summed E-state index contributed by atoms with van der Waals surface area (Å²) >= 11 is 1.28. The average molecular weight is 324 g/mol. The van der Waals surface area contributed by atoms with E-state index < -0.39 is 0 Å². The fourth-order valence-electron chi connectivity index (χ4n) is 2.20. The van der Waals surface area contributed by atoms with E-state index in [-0.39, 0.29) is 11.7 Å². The summed E-state index contributed by atoms with van der Waals surface area (Å²) in [6, 6.07) is 17.9. The summed E-state index contributed by atoms with van der Waals surface area (Å²) in [5.41, 5.74) is 8.34. The Hall–Kier alpha value is -2.60. The minimum Gasteiger partial charge on any atom is -0.369 e. The summed E-state index contributed by atoms with van der Waals surface area (Å²) < 4.78 is 1.95. The van der Waals surface area contributed by atoms with E-state index in [0.29, 0.717) is 5.16 Å². The van der Waals surface area contributed by atoms with Gasteiger partial charge in [-0.1, -0.05) is 59.8 Å². The number of aryl methyl sites for hydroxylation is 1. The normalized spacial score (nSPS) is 10.7. The van der Waals surface area contributed by atoms with E-state index >= 15 is 0 Å². The number of amides is 1. The van der Waals surface area contributed by atoms with E-state index in [2.05, 4.69) is 10.2 Å². The lowest BCUT2D eigenvalue weighted by atomic mass is 10.2. The van der Waals surface area contributed by atoms with Gasteiger partial charge < -0.3 is 5.73 Å². The summed E-state index contributed by atoms with van der Waals surface area (Å²) in [4.78, 5) is 11.1. The van der Waals surface area contributed by atoms with Gasteiger partial charge in [0.2, 0.25) is 5.91 Å². The second-order valence-electron chi connectivity index (χ2n) is 5.10. The van der Waals surface area contributed by atoms with Crippen molar-refractivity contribution >= 4 is 17.7 Å². The number of primary amides is 1. The van der Waals surface area contributed by atoms with E-state index in [1.807, 2.05) is 66.1 Å². The smallest absolute Gasteiger partial charge is 0.227 e. The number of rotatable bonds is 5. The number of nitrogens with two attached hydrogens (primary N) is 1. The molecule has 2 aromatic carbocycles. The molecule has 1 aromatic heterocycles. The molecule has 0 aliphatic heterocycles. The molecule has 3 rings (SSSR count). The Balaban J connectivity index is 2.10. The largest absolute Gasteiger partial charge is 0.369 e. The molecule has 0 atom stereocenters. The van der Waals surface area contributed by atoms with E-state index in [0.717, 1.165) is 17.1 Å². The van der Waals surface area contributed by atoms with Crippen LogP contribution in [0.1, 0.15) is 5.56 Å². The molecule has 116 valence electrons. The highest BCUT2D eigenvalue weighted by Crippen LogP contribution is 2.27. The Kier molecular flexibility index (Phi) is 4.43. The second kappa shape index (κ2) is 6.66. The zero-order valence-electron chi connectivity index (χ0n) is 12.6. The first-order valence-corrected chi connectivity index (χ1v) is 8.12. The molecule has 0 saturated carbocycles. The standard InChI is InChI=1S/C17H16N4OS/c1-12-7-9-14(10-8-12)21-16(13-5-3-2-4-6-13)19-20-17(21)23-11-15(18)22/h2-10H,11H2,1H3,(H2,18,22). The summed E-state index contributed by atoms with van der Waals surface area (Å²) in [7, 11) is 0. The average Bonchev–Trinajstić information content (AvgIpc) is 2.98. The molecule has 0 unspecified atom stereocenters. The van der Waals surface area contributed by atoms with Gasteiger partial charge in [-0.3, -0.25) is 9.36 Å². The first-order chi connectivity index (χ1) is 11.1. The van der Waals surface area contributed by atoms with Gasteiger partial charge in [0.05, 0.1) is 5.75 Å². The molecule has 5 nitrogen and oxygen atoms in total. The summed E-state index contributed by atoms with van der Waals surface area (Å²) in [6.07, 6.45) is 0. The highest BCUT2D eigenvalue weighted by atomic mass is 32.2. The van der Waals surface area contributed by atoms with Crippen LogP contribution in [0.5, 0.6) is 0 Å². The van der Waals surface area contributed by atoms with E-state index in [1.54, 1.807) is 0 Å². The zero-order valence-corrected chi connectivity index (χ0v) is 13.5. The van der Waals surface area contributed by atoms with Crippen molar-refractivity contribution in [2.24, 2.45) is 5.73 Å². The predicted molar refractivity (Wildman–Crippen MR) is 91.5 cm³/mol. The molecule has 2 N–H and O–H groups in total. The highest BCUT2D eigenvalue weighted by Gasteiger charge is 2.16. The molecular weight excluding hydrogens is 308 g/mol. The Morgan fingerprint density at radius 2 is 1.78 bits per heavy atom. The fourth-order valence-corrected chi connectivity index (χ4v) is 2.89. The molecule has 6 heteroatoms. The van der Waals surface area contributed by atoms with Crippen LogP contribution in [0.25, 0.3) is 17.1 Å². The Bertz CT molecular complexity index is 812. The number of thioether (sulfide) groups is 1. The van der Waals surface area contributed by atoms with Crippen LogP contribution in [-0.2, 0) is 4.79 Å². The fraction of sp³-hybridized carbons (Fsp3) is 0.118. The van der Waals surface area contributed by atoms with E-state index in [4.69, 9.17) is 5.73 Å². The van der Waals surface area contributed by atoms with Crippen molar-refractivity contribution in [2.45, 2.75) is 12.1 Å². The Labute approximate surface area is 138 Å². The van der Waals surface area contributed by atoms with Crippen LogP contribution in [0, 0.1) is 6.92 Å². The zero-order chi connectivity index (χ0) is 16.2. The molecule has 0 aliphatic carbocycles. The van der Waals surface area contributed by atoms with Crippen molar-refractivity contribution in [3.8, 4) is 17.1 Å². The summed E-state index contributed by atoms with van der Waals surface area (Å²) in [5.74, 6) is 0.523. The predicted octanol–water partition coefficient (Wildman–Crippen LogP) is 2.82. The number of carbonyl (C=O) groups is 1. The lowest BCUT2D eigenvalue weighted by Crippen LogP contribution is -2.13. The van der Waals surface area contributed by atoms with Crippen LogP contribution in [-0.4, -0.2) is 26.4 Å². The topological polar surface area (TPSA) is 73.8 Å². The number of nitrogens with zero attached hydrogens (tertiary/aromatic N) is 3. The number of aromatic nitrogens is 3. The maximum Gasteiger partial charge on any atom is 0.227 e. The van der Waals surface area contributed by atoms with Crippen molar-refractivity contribution in [2.75, 3.05) is 5.75 Å². The number of hydrogen-bond donors (Lipinski definition) is 1. The SMILES string of the molecule is Cc1ccc(-n2c(SCC(N)=O)nnc2-c2ccccc2)cc1. The molecule has 0 radical (unpaired) electrons. The first-order valence-electron chi connectivity index (χ1n) is 7.14. The van der Waals surface area contributed by atoms with Crippen LogP contribution in [0.4, 0.5) is 0 Å². The monoisotopic (exact) mass is 324 g/mol. The molecular formula is C17H16N4OS. The maximum atomic E-state index is 11.1. The van der Waals surface area contributed by atoms with E-state index in [1.165, 1.54) is 17.3 Å². The molecule has 0 spiro atoms.